The molecule has 0 spiro atoms. The van der Waals surface area contributed by atoms with Crippen LogP contribution in [0.5, 0.6) is 0 Å². The predicted molar refractivity (Wildman–Crippen MR) is 126 cm³/mol. The molecule has 9 atom stereocenters. The molecule has 178 valence electrons. The largest absolute Gasteiger partial charge is 0.481 e. The van der Waals surface area contributed by atoms with E-state index in [0.717, 1.165) is 36.5 Å². The highest BCUT2D eigenvalue weighted by atomic mass is 16.4. The molecule has 3 heteroatoms. The number of fused-ring (bicyclic) bond motifs is 5. The van der Waals surface area contributed by atoms with Crippen LogP contribution < -0.4 is 0 Å². The van der Waals surface area contributed by atoms with Gasteiger partial charge in [-0.3, -0.25) is 4.79 Å². The van der Waals surface area contributed by atoms with Gasteiger partial charge in [0.15, 0.2) is 0 Å². The average Bonchev–Trinajstić information content (AvgIpc) is 3.02. The second-order valence-electron chi connectivity index (χ2n) is 13.5. The van der Waals surface area contributed by atoms with E-state index in [0.29, 0.717) is 35.0 Å². The number of hydrogen-bond donors (Lipinski definition) is 2. The first-order valence-electron chi connectivity index (χ1n) is 13.4. The number of carboxylic acid groups (broad SMARTS) is 1. The van der Waals surface area contributed by atoms with Crippen LogP contribution in [-0.2, 0) is 4.79 Å². The fraction of sp³-hybridized carbons (Fsp3) is 0.964. The van der Waals surface area contributed by atoms with Crippen LogP contribution in [0.4, 0.5) is 0 Å². The van der Waals surface area contributed by atoms with Gasteiger partial charge in [0, 0.05) is 6.42 Å². The summed E-state index contributed by atoms with van der Waals surface area (Å²) in [7, 11) is 0. The number of carboxylic acids is 1. The molecule has 4 saturated carbocycles. The Balaban J connectivity index is 1.46. The molecule has 0 heterocycles. The Kier molecular flexibility index (Phi) is 6.34. The maximum absolute atomic E-state index is 11.1. The third kappa shape index (κ3) is 4.34. The zero-order chi connectivity index (χ0) is 22.6. The van der Waals surface area contributed by atoms with Crippen molar-refractivity contribution in [2.24, 2.45) is 52.3 Å². The van der Waals surface area contributed by atoms with Gasteiger partial charge in [-0.05, 0) is 137 Å². The summed E-state index contributed by atoms with van der Waals surface area (Å²) in [5.74, 6) is 4.80. The molecule has 4 fully saturated rings. The highest BCUT2D eigenvalue weighted by Gasteiger charge is 2.60. The van der Waals surface area contributed by atoms with E-state index in [2.05, 4.69) is 20.8 Å². The fourth-order valence-corrected chi connectivity index (χ4v) is 9.77. The molecule has 3 nitrogen and oxygen atoms in total. The average molecular weight is 433 g/mol. The maximum atomic E-state index is 11.1. The number of aliphatic carboxylic acids is 1. The molecule has 6 unspecified atom stereocenters. The molecule has 4 aliphatic rings. The monoisotopic (exact) mass is 432 g/mol. The molecule has 0 radical (unpaired) electrons. The summed E-state index contributed by atoms with van der Waals surface area (Å²) < 4.78 is 0. The summed E-state index contributed by atoms with van der Waals surface area (Å²) in [6.45, 7) is 11.5. The molecular weight excluding hydrogens is 384 g/mol. The van der Waals surface area contributed by atoms with Crippen LogP contribution in [0.15, 0.2) is 0 Å². The van der Waals surface area contributed by atoms with Crippen molar-refractivity contribution in [2.45, 2.75) is 117 Å². The van der Waals surface area contributed by atoms with Crippen molar-refractivity contribution in [3.8, 4) is 0 Å². The minimum atomic E-state index is -0.637. The van der Waals surface area contributed by atoms with Crippen LogP contribution in [0.3, 0.4) is 0 Å². The molecule has 0 bridgehead atoms. The van der Waals surface area contributed by atoms with Gasteiger partial charge in [-0.1, -0.05) is 20.8 Å². The Labute approximate surface area is 190 Å². The lowest BCUT2D eigenvalue weighted by molar-refractivity contribution is -0.138. The van der Waals surface area contributed by atoms with E-state index < -0.39 is 11.6 Å². The van der Waals surface area contributed by atoms with Gasteiger partial charge in [0.05, 0.1) is 5.60 Å². The summed E-state index contributed by atoms with van der Waals surface area (Å²) >= 11 is 0. The van der Waals surface area contributed by atoms with E-state index in [9.17, 15) is 9.90 Å². The number of rotatable bonds is 6. The Morgan fingerprint density at radius 1 is 1.00 bits per heavy atom. The zero-order valence-corrected chi connectivity index (χ0v) is 20.8. The van der Waals surface area contributed by atoms with Gasteiger partial charge in [-0.25, -0.2) is 0 Å². The van der Waals surface area contributed by atoms with E-state index in [1.54, 1.807) is 0 Å². The fourth-order valence-electron chi connectivity index (χ4n) is 9.77. The van der Waals surface area contributed by atoms with E-state index in [-0.39, 0.29) is 0 Å². The van der Waals surface area contributed by atoms with Crippen molar-refractivity contribution in [1.29, 1.82) is 0 Å². The molecule has 31 heavy (non-hydrogen) atoms. The van der Waals surface area contributed by atoms with Gasteiger partial charge >= 0.3 is 5.97 Å². The van der Waals surface area contributed by atoms with Gasteiger partial charge in [0.25, 0.3) is 0 Å². The number of hydrogen-bond acceptors (Lipinski definition) is 2. The molecule has 2 N–H and O–H groups in total. The molecule has 0 amide bonds. The van der Waals surface area contributed by atoms with Crippen molar-refractivity contribution in [3.05, 3.63) is 0 Å². The second kappa shape index (κ2) is 8.33. The molecule has 0 saturated heterocycles. The maximum Gasteiger partial charge on any atom is 0.303 e. The highest BCUT2D eigenvalue weighted by molar-refractivity contribution is 5.66. The summed E-state index contributed by atoms with van der Waals surface area (Å²) in [6.07, 6.45) is 14.4. The van der Waals surface area contributed by atoms with Gasteiger partial charge in [0.2, 0.25) is 0 Å². The molecule has 0 aromatic carbocycles. The Hall–Kier alpha value is -0.570. The van der Waals surface area contributed by atoms with E-state index >= 15 is 0 Å². The van der Waals surface area contributed by atoms with Crippen LogP contribution in [0.25, 0.3) is 0 Å². The first kappa shape index (κ1) is 23.6. The van der Waals surface area contributed by atoms with Crippen LogP contribution in [-0.4, -0.2) is 21.8 Å². The molecule has 0 aliphatic heterocycles. The van der Waals surface area contributed by atoms with E-state index in [1.807, 2.05) is 13.8 Å². The van der Waals surface area contributed by atoms with Gasteiger partial charge < -0.3 is 10.2 Å². The van der Waals surface area contributed by atoms with Crippen LogP contribution in [0.2, 0.25) is 0 Å². The van der Waals surface area contributed by atoms with Crippen molar-refractivity contribution < 1.29 is 15.0 Å². The first-order chi connectivity index (χ1) is 14.4. The lowest BCUT2D eigenvalue weighted by Gasteiger charge is -2.61. The highest BCUT2D eigenvalue weighted by Crippen LogP contribution is 2.68. The van der Waals surface area contributed by atoms with Crippen molar-refractivity contribution in [3.63, 3.8) is 0 Å². The summed E-state index contributed by atoms with van der Waals surface area (Å²) in [4.78, 5) is 11.1. The van der Waals surface area contributed by atoms with Crippen LogP contribution >= 0.6 is 0 Å². The third-order valence-electron chi connectivity index (χ3n) is 11.1. The van der Waals surface area contributed by atoms with Gasteiger partial charge in [0.1, 0.15) is 0 Å². The van der Waals surface area contributed by atoms with Crippen LogP contribution in [0.1, 0.15) is 112 Å². The Morgan fingerprint density at radius 3 is 2.35 bits per heavy atom. The van der Waals surface area contributed by atoms with Crippen molar-refractivity contribution in [1.82, 2.24) is 0 Å². The van der Waals surface area contributed by atoms with E-state index in [4.69, 9.17) is 5.11 Å². The van der Waals surface area contributed by atoms with Crippen LogP contribution in [0, 0.1) is 52.3 Å². The first-order valence-corrected chi connectivity index (χ1v) is 13.4. The summed E-state index contributed by atoms with van der Waals surface area (Å²) in [5, 5.41) is 19.5. The Morgan fingerprint density at radius 2 is 1.68 bits per heavy atom. The zero-order valence-electron chi connectivity index (χ0n) is 20.8. The Bertz CT molecular complexity index is 666. The third-order valence-corrected chi connectivity index (χ3v) is 11.1. The van der Waals surface area contributed by atoms with Gasteiger partial charge in [-0.15, -0.1) is 0 Å². The smallest absolute Gasteiger partial charge is 0.303 e. The lowest BCUT2D eigenvalue weighted by Crippen LogP contribution is -2.54. The predicted octanol–water partition coefficient (Wildman–Crippen LogP) is 6.92. The lowest BCUT2D eigenvalue weighted by atomic mass is 9.43. The molecule has 0 aromatic rings. The number of aliphatic hydroxyl groups is 1. The molecule has 4 rings (SSSR count). The molecule has 0 aromatic heterocycles. The molecular formula is C28H48O3. The standard InChI is InChI=1S/C28H48O3/c1-18(6-11-25(29)30)22-9-10-23-21-8-7-20-16-19(17-26(2,3)31)12-14-27(20,4)24(21)13-15-28(22,23)5/h18-24,31H,6-17H2,1-5H3,(H,29,30)/t18?,19?,20?,21?,22-,23+,24+,27?,28?/m1/s1. The van der Waals surface area contributed by atoms with E-state index in [1.165, 1.54) is 57.8 Å². The minimum absolute atomic E-state index is 0.329. The second-order valence-corrected chi connectivity index (χ2v) is 13.5. The topological polar surface area (TPSA) is 57.5 Å². The molecule has 4 aliphatic carbocycles. The number of carbonyl (C=O) groups is 1. The summed E-state index contributed by atoms with van der Waals surface area (Å²) in [6, 6.07) is 0. The van der Waals surface area contributed by atoms with Crippen molar-refractivity contribution >= 4 is 5.97 Å². The normalized spacial score (nSPS) is 46.0. The minimum Gasteiger partial charge on any atom is -0.481 e. The SMILES string of the molecule is CC(CCC(=O)O)[C@H]1CC[C@H]2C3CCC4CC(CC(C)(C)O)CCC4(C)[C@H]3CCC12C. The van der Waals surface area contributed by atoms with Crippen molar-refractivity contribution in [2.75, 3.05) is 0 Å². The van der Waals surface area contributed by atoms with Gasteiger partial charge in [-0.2, -0.15) is 0 Å². The quantitative estimate of drug-likeness (QED) is 0.479. The summed E-state index contributed by atoms with van der Waals surface area (Å²) in [5.41, 5.74) is 0.409.